The van der Waals surface area contributed by atoms with Gasteiger partial charge in [-0.15, -0.1) is 0 Å². The molecule has 12 heteroatoms. The van der Waals surface area contributed by atoms with E-state index < -0.39 is 0 Å². The minimum Gasteiger partial charge on any atom is -0.378 e. The second-order valence-corrected chi connectivity index (χ2v) is 12.6. The molecule has 3 aromatic rings. The Bertz CT molecular complexity index is 1420. The van der Waals surface area contributed by atoms with Crippen molar-refractivity contribution < 1.29 is 9.53 Å². The van der Waals surface area contributed by atoms with Crippen LogP contribution in [0.2, 0.25) is 0 Å². The summed E-state index contributed by atoms with van der Waals surface area (Å²) < 4.78 is 6.30. The van der Waals surface area contributed by atoms with Gasteiger partial charge in [-0.2, -0.15) is 0 Å². The van der Waals surface area contributed by atoms with Crippen LogP contribution < -0.4 is 15.5 Å². The largest absolute Gasteiger partial charge is 0.378 e. The third-order valence-electron chi connectivity index (χ3n) is 9.19. The number of hydrogen-bond acceptors (Lipinski definition) is 11. The van der Waals surface area contributed by atoms with Crippen molar-refractivity contribution in [1.82, 2.24) is 39.9 Å². The Kier molecular flexibility index (Phi) is 11.0. The Hall–Kier alpha value is -3.68. The number of likely N-dealkylation sites (N-methyl/N-ethyl adjacent to an activating group) is 1. The molecule has 3 atom stereocenters. The maximum atomic E-state index is 13.3. The first kappa shape index (κ1) is 32.3. The quantitative estimate of drug-likeness (QED) is 0.406. The zero-order chi connectivity index (χ0) is 31.7. The van der Waals surface area contributed by atoms with E-state index in [-0.39, 0.29) is 11.9 Å². The molecule has 8 heterocycles. The fraction of sp³-hybridized carbons (Fsp3) is 0.529. The number of anilines is 3. The van der Waals surface area contributed by atoms with Crippen LogP contribution in [0.5, 0.6) is 0 Å². The van der Waals surface area contributed by atoms with Crippen LogP contribution in [-0.2, 0) is 16.1 Å². The number of pyridine rings is 1. The van der Waals surface area contributed by atoms with E-state index in [1.54, 1.807) is 6.20 Å². The predicted octanol–water partition coefficient (Wildman–Crippen LogP) is 1.99. The van der Waals surface area contributed by atoms with Crippen LogP contribution in [-0.4, -0.2) is 146 Å². The third kappa shape index (κ3) is 8.77. The van der Waals surface area contributed by atoms with Crippen LogP contribution in [0, 0.1) is 0 Å². The van der Waals surface area contributed by atoms with Crippen molar-refractivity contribution in [2.24, 2.45) is 0 Å². The lowest BCUT2D eigenvalue weighted by Gasteiger charge is -2.41. The van der Waals surface area contributed by atoms with Crippen LogP contribution in [0.25, 0.3) is 11.3 Å². The number of aromatic nitrogens is 3. The van der Waals surface area contributed by atoms with E-state index in [1.807, 2.05) is 49.5 Å². The molecule has 246 valence electrons. The molecule has 0 aliphatic carbocycles. The number of rotatable bonds is 5. The average Bonchev–Trinajstić information content (AvgIpc) is 3.08. The van der Waals surface area contributed by atoms with Crippen LogP contribution in [0.4, 0.5) is 17.5 Å². The van der Waals surface area contributed by atoms with Gasteiger partial charge in [-0.05, 0) is 42.3 Å². The van der Waals surface area contributed by atoms with Gasteiger partial charge < -0.3 is 25.2 Å². The number of benzene rings is 1. The topological polar surface area (TPSA) is 105 Å². The lowest BCUT2D eigenvalue weighted by Crippen LogP contribution is -2.56. The summed E-state index contributed by atoms with van der Waals surface area (Å²) in [5, 5.41) is 6.82. The lowest BCUT2D eigenvalue weighted by molar-refractivity contribution is -0.132. The molecule has 12 nitrogen and oxygen atoms in total. The van der Waals surface area contributed by atoms with Crippen molar-refractivity contribution in [3.05, 3.63) is 60.4 Å². The van der Waals surface area contributed by atoms with Gasteiger partial charge >= 0.3 is 0 Å². The normalized spacial score (nSPS) is 23.3. The Balaban J connectivity index is 1.19. The highest BCUT2D eigenvalue weighted by atomic mass is 16.5. The first-order chi connectivity index (χ1) is 22.5. The molecule has 2 fully saturated rings. The number of hydrogen-bond donors (Lipinski definition) is 2. The van der Waals surface area contributed by atoms with E-state index in [0.717, 1.165) is 101 Å². The predicted molar refractivity (Wildman–Crippen MR) is 181 cm³/mol. The summed E-state index contributed by atoms with van der Waals surface area (Å²) in [4.78, 5) is 38.5. The first-order valence-corrected chi connectivity index (χ1v) is 16.6. The van der Waals surface area contributed by atoms with Gasteiger partial charge in [0.15, 0.2) is 0 Å². The van der Waals surface area contributed by atoms with Crippen molar-refractivity contribution in [2.45, 2.75) is 19.0 Å². The zero-order valence-electron chi connectivity index (χ0n) is 27.3. The lowest BCUT2D eigenvalue weighted by atomic mass is 10.1. The van der Waals surface area contributed by atoms with Crippen molar-refractivity contribution in [2.75, 3.05) is 110 Å². The molecule has 1 amide bonds. The van der Waals surface area contributed by atoms with Gasteiger partial charge in [0, 0.05) is 116 Å². The van der Waals surface area contributed by atoms with E-state index >= 15 is 0 Å². The highest BCUT2D eigenvalue weighted by molar-refractivity contribution is 5.78. The zero-order valence-corrected chi connectivity index (χ0v) is 27.3. The standard InChI is InChI=1S/C34H48N10O2/c1-40-13-4-14-41(2)33(45)25-43-17-18-44(30(24-43)26-46-20-19-42-15-11-35-12-16-42)23-27-5-3-6-29(21-27)38-34-36-10-9-31(39-34)28-7-8-32(40)37-22-28/h3,5-10,21-22,30,35H,4,11-20,23-26H2,1-2H3,(H,36,38,39). The van der Waals surface area contributed by atoms with Crippen LogP contribution >= 0.6 is 0 Å². The molecule has 6 aliphatic heterocycles. The molecule has 0 radical (unpaired) electrons. The fourth-order valence-electron chi connectivity index (χ4n) is 6.37. The van der Waals surface area contributed by atoms with Gasteiger partial charge in [-0.1, -0.05) is 12.1 Å². The summed E-state index contributed by atoms with van der Waals surface area (Å²) in [6.45, 7) is 11.8. The van der Waals surface area contributed by atoms with Crippen molar-refractivity contribution in [3.63, 3.8) is 0 Å². The van der Waals surface area contributed by atoms with Crippen molar-refractivity contribution >= 4 is 23.4 Å². The molecular weight excluding hydrogens is 580 g/mol. The number of nitrogens with zero attached hydrogens (tertiary/aromatic N) is 8. The molecule has 9 rings (SSSR count). The van der Waals surface area contributed by atoms with Gasteiger partial charge in [0.1, 0.15) is 5.82 Å². The summed E-state index contributed by atoms with van der Waals surface area (Å²) in [6.07, 6.45) is 4.49. The number of ether oxygens (including phenoxy) is 1. The van der Waals surface area contributed by atoms with Crippen molar-refractivity contribution in [3.8, 4) is 11.3 Å². The van der Waals surface area contributed by atoms with Gasteiger partial charge in [-0.25, -0.2) is 15.0 Å². The monoisotopic (exact) mass is 628 g/mol. The fourth-order valence-corrected chi connectivity index (χ4v) is 6.37. The maximum Gasteiger partial charge on any atom is 0.236 e. The van der Waals surface area contributed by atoms with E-state index in [0.29, 0.717) is 25.6 Å². The number of carbonyl (C=O) groups excluding carboxylic acids is 1. The SMILES string of the molecule is CN1CCCN(C)c2ccc(cn2)-c2ccnc(n2)Nc2cccc(c2)CN2CCN(CC1=O)CC2COCCN1CCNCC1. The highest BCUT2D eigenvalue weighted by Crippen LogP contribution is 2.23. The summed E-state index contributed by atoms with van der Waals surface area (Å²) in [5.41, 5.74) is 3.89. The molecule has 0 spiro atoms. The van der Waals surface area contributed by atoms with Crippen LogP contribution in [0.1, 0.15) is 12.0 Å². The molecular formula is C34H48N10O2. The summed E-state index contributed by atoms with van der Waals surface area (Å²) in [6, 6.07) is 14.6. The molecule has 3 unspecified atom stereocenters. The molecule has 2 aromatic heterocycles. The Morgan fingerprint density at radius 2 is 1.80 bits per heavy atom. The minimum absolute atomic E-state index is 0.164. The van der Waals surface area contributed by atoms with Gasteiger partial charge in [-0.3, -0.25) is 19.5 Å². The molecule has 2 saturated heterocycles. The average molecular weight is 629 g/mol. The number of nitrogens with one attached hydrogen (secondary N) is 2. The van der Waals surface area contributed by atoms with E-state index in [1.165, 1.54) is 5.56 Å². The number of amides is 1. The van der Waals surface area contributed by atoms with Crippen LogP contribution in [0.15, 0.2) is 54.9 Å². The van der Waals surface area contributed by atoms with Gasteiger partial charge in [0.2, 0.25) is 11.9 Å². The highest BCUT2D eigenvalue weighted by Gasteiger charge is 2.29. The molecule has 0 saturated carbocycles. The second-order valence-electron chi connectivity index (χ2n) is 12.6. The van der Waals surface area contributed by atoms with E-state index in [9.17, 15) is 4.79 Å². The van der Waals surface area contributed by atoms with E-state index in [4.69, 9.17) is 14.7 Å². The minimum atomic E-state index is 0.164. The van der Waals surface area contributed by atoms with Crippen molar-refractivity contribution in [1.29, 1.82) is 0 Å². The molecule has 46 heavy (non-hydrogen) atoms. The summed E-state index contributed by atoms with van der Waals surface area (Å²) in [5.74, 6) is 1.60. The molecule has 8 bridgehead atoms. The summed E-state index contributed by atoms with van der Waals surface area (Å²) in [7, 11) is 3.96. The van der Waals surface area contributed by atoms with E-state index in [2.05, 4.69) is 53.4 Å². The third-order valence-corrected chi connectivity index (χ3v) is 9.19. The second kappa shape index (κ2) is 15.7. The van der Waals surface area contributed by atoms with Gasteiger partial charge in [0.05, 0.1) is 25.5 Å². The number of piperazine rings is 2. The Labute approximate surface area is 272 Å². The smallest absolute Gasteiger partial charge is 0.236 e. The number of carbonyl (C=O) groups is 1. The Morgan fingerprint density at radius 1 is 0.935 bits per heavy atom. The van der Waals surface area contributed by atoms with Crippen LogP contribution in [0.3, 0.4) is 0 Å². The Morgan fingerprint density at radius 3 is 2.65 bits per heavy atom. The first-order valence-electron chi connectivity index (χ1n) is 16.6. The molecule has 2 N–H and O–H groups in total. The maximum absolute atomic E-state index is 13.3. The van der Waals surface area contributed by atoms with Gasteiger partial charge in [0.25, 0.3) is 0 Å². The molecule has 6 aliphatic rings. The molecule has 1 aromatic carbocycles. The summed E-state index contributed by atoms with van der Waals surface area (Å²) >= 11 is 0.